The quantitative estimate of drug-likeness (QED) is 0.418. The molecule has 1 amide bonds. The third-order valence-electron chi connectivity index (χ3n) is 4.87. The highest BCUT2D eigenvalue weighted by Crippen LogP contribution is 2.30. The Morgan fingerprint density at radius 2 is 2.00 bits per heavy atom. The fourth-order valence-corrected chi connectivity index (χ4v) is 4.59. The number of amidine groups is 1. The fraction of sp³-hybridized carbons (Fsp3) is 0.238. The second kappa shape index (κ2) is 8.79. The van der Waals surface area contributed by atoms with E-state index < -0.39 is 6.10 Å². The van der Waals surface area contributed by atoms with Crippen LogP contribution in [0.15, 0.2) is 52.7 Å². The van der Waals surface area contributed by atoms with Crippen molar-refractivity contribution in [3.8, 4) is 0 Å². The number of carbonyl (C=O) groups excluding carboxylic acids is 2. The van der Waals surface area contributed by atoms with Crippen LogP contribution in [0.3, 0.4) is 0 Å². The largest absolute Gasteiger partial charge is 0.452 e. The molecule has 1 saturated heterocycles. The Morgan fingerprint density at radius 1 is 1.20 bits per heavy atom. The van der Waals surface area contributed by atoms with Gasteiger partial charge in [0.25, 0.3) is 0 Å². The van der Waals surface area contributed by atoms with Crippen LogP contribution in [0.5, 0.6) is 0 Å². The molecule has 2 atom stereocenters. The second-order valence-corrected chi connectivity index (χ2v) is 8.89. The number of amides is 1. The van der Waals surface area contributed by atoms with Gasteiger partial charge < -0.3 is 10.1 Å². The van der Waals surface area contributed by atoms with E-state index in [0.717, 1.165) is 11.1 Å². The van der Waals surface area contributed by atoms with E-state index in [9.17, 15) is 9.59 Å². The van der Waals surface area contributed by atoms with Crippen molar-refractivity contribution in [1.82, 2.24) is 5.32 Å². The Labute approximate surface area is 187 Å². The molecular weight excluding hydrogens is 445 g/mol. The van der Waals surface area contributed by atoms with Crippen molar-refractivity contribution in [2.24, 2.45) is 10.2 Å². The molecule has 6 nitrogen and oxygen atoms in total. The van der Waals surface area contributed by atoms with Crippen molar-refractivity contribution in [1.29, 1.82) is 0 Å². The van der Waals surface area contributed by atoms with Crippen molar-refractivity contribution in [2.75, 3.05) is 0 Å². The molecule has 2 aliphatic heterocycles. The molecule has 1 N–H and O–H groups in total. The fourth-order valence-electron chi connectivity index (χ4n) is 3.25. The van der Waals surface area contributed by atoms with E-state index in [1.54, 1.807) is 31.2 Å². The summed E-state index contributed by atoms with van der Waals surface area (Å²) in [7, 11) is 0. The van der Waals surface area contributed by atoms with Crippen LogP contribution in [0.2, 0.25) is 10.0 Å². The third kappa shape index (κ3) is 4.38. The average molecular weight is 462 g/mol. The van der Waals surface area contributed by atoms with Gasteiger partial charge in [0.15, 0.2) is 5.17 Å². The number of nitrogens with one attached hydrogen (secondary N) is 1. The number of carbonyl (C=O) groups is 2. The molecule has 9 heteroatoms. The number of nitrogens with zero attached hydrogens (tertiary/aromatic N) is 2. The number of thioether (sulfide) groups is 1. The molecule has 2 heterocycles. The number of halogens is 2. The SMILES string of the molecule is C/C(=N\N=C1\NC(=O)C(Cc2cccc(Cl)c2Cl)S1)C1Cc2ccccc2C(=O)O1. The van der Waals surface area contributed by atoms with E-state index in [0.29, 0.717) is 39.3 Å². The first-order valence-corrected chi connectivity index (χ1v) is 10.9. The zero-order valence-corrected chi connectivity index (χ0v) is 18.2. The van der Waals surface area contributed by atoms with Crippen LogP contribution in [0.1, 0.15) is 28.4 Å². The summed E-state index contributed by atoms with van der Waals surface area (Å²) in [4.78, 5) is 24.5. The lowest BCUT2D eigenvalue weighted by Crippen LogP contribution is -2.33. The number of hydrogen-bond acceptors (Lipinski definition) is 6. The Morgan fingerprint density at radius 3 is 2.83 bits per heavy atom. The molecule has 0 aromatic heterocycles. The monoisotopic (exact) mass is 461 g/mol. The summed E-state index contributed by atoms with van der Waals surface area (Å²) in [5.41, 5.74) is 2.85. The summed E-state index contributed by atoms with van der Waals surface area (Å²) in [6.45, 7) is 1.75. The van der Waals surface area contributed by atoms with Gasteiger partial charge >= 0.3 is 5.97 Å². The smallest absolute Gasteiger partial charge is 0.339 e. The molecular formula is C21H17Cl2N3O3S. The lowest BCUT2D eigenvalue weighted by molar-refractivity contribution is -0.118. The molecule has 2 unspecified atom stereocenters. The van der Waals surface area contributed by atoms with E-state index in [4.69, 9.17) is 27.9 Å². The Hall–Kier alpha value is -2.35. The van der Waals surface area contributed by atoms with Gasteiger partial charge in [-0.25, -0.2) is 4.79 Å². The van der Waals surface area contributed by atoms with Crippen molar-refractivity contribution < 1.29 is 14.3 Å². The maximum absolute atomic E-state index is 12.3. The van der Waals surface area contributed by atoms with Gasteiger partial charge in [-0.1, -0.05) is 65.3 Å². The van der Waals surface area contributed by atoms with E-state index in [1.165, 1.54) is 11.8 Å². The lowest BCUT2D eigenvalue weighted by atomic mass is 9.97. The second-order valence-electron chi connectivity index (χ2n) is 6.91. The van der Waals surface area contributed by atoms with Crippen LogP contribution in [-0.4, -0.2) is 34.1 Å². The number of ether oxygens (including phenoxy) is 1. The summed E-state index contributed by atoms with van der Waals surface area (Å²) in [6.07, 6.45) is 0.478. The third-order valence-corrected chi connectivity index (χ3v) is 6.80. The minimum atomic E-state index is -0.486. The predicted octanol–water partition coefficient (Wildman–Crippen LogP) is 4.28. The van der Waals surface area contributed by atoms with Crippen LogP contribution in [0.4, 0.5) is 0 Å². The molecule has 30 heavy (non-hydrogen) atoms. The molecule has 0 spiro atoms. The Kier molecular flexibility index (Phi) is 6.13. The zero-order chi connectivity index (χ0) is 21.3. The standard InChI is InChI=1S/C21H17Cl2N3O3S/c1-11(16-9-12-5-2-3-7-14(12)20(28)29-16)25-26-21-24-19(27)17(30-21)10-13-6-4-8-15(22)18(13)23/h2-8,16-17H,9-10H2,1H3,(H,24,26,27)/b25-11+. The van der Waals surface area contributed by atoms with Gasteiger partial charge in [0.1, 0.15) is 6.10 Å². The molecule has 0 bridgehead atoms. The van der Waals surface area contributed by atoms with Gasteiger partial charge in [-0.05, 0) is 36.6 Å². The number of esters is 1. The highest BCUT2D eigenvalue weighted by molar-refractivity contribution is 8.15. The molecule has 1 fully saturated rings. The van der Waals surface area contributed by atoms with Gasteiger partial charge in [-0.2, -0.15) is 5.10 Å². The van der Waals surface area contributed by atoms with E-state index in [1.807, 2.05) is 18.2 Å². The maximum Gasteiger partial charge on any atom is 0.339 e. The predicted molar refractivity (Wildman–Crippen MR) is 120 cm³/mol. The minimum absolute atomic E-state index is 0.166. The average Bonchev–Trinajstić information content (AvgIpc) is 3.09. The molecule has 0 aliphatic carbocycles. The lowest BCUT2D eigenvalue weighted by Gasteiger charge is -2.23. The number of cyclic esters (lactones) is 1. The van der Waals surface area contributed by atoms with Crippen molar-refractivity contribution >= 4 is 57.7 Å². The van der Waals surface area contributed by atoms with Gasteiger partial charge in [-0.3, -0.25) is 4.79 Å². The zero-order valence-electron chi connectivity index (χ0n) is 15.9. The van der Waals surface area contributed by atoms with Crippen LogP contribution in [-0.2, 0) is 22.4 Å². The van der Waals surface area contributed by atoms with Crippen LogP contribution >= 0.6 is 35.0 Å². The number of hydrogen-bond donors (Lipinski definition) is 1. The van der Waals surface area contributed by atoms with Crippen LogP contribution in [0.25, 0.3) is 0 Å². The summed E-state index contributed by atoms with van der Waals surface area (Å²) >= 11 is 13.6. The normalized spacial score (nSPS) is 22.6. The Balaban J connectivity index is 1.44. The number of benzene rings is 2. The van der Waals surface area contributed by atoms with Gasteiger partial charge in [-0.15, -0.1) is 5.10 Å². The molecule has 0 radical (unpaired) electrons. The first kappa shape index (κ1) is 20.9. The molecule has 2 aromatic carbocycles. The first-order chi connectivity index (χ1) is 14.4. The van der Waals surface area contributed by atoms with Gasteiger partial charge in [0, 0.05) is 6.42 Å². The van der Waals surface area contributed by atoms with Gasteiger partial charge in [0.2, 0.25) is 5.91 Å². The van der Waals surface area contributed by atoms with Crippen LogP contribution < -0.4 is 5.32 Å². The summed E-state index contributed by atoms with van der Waals surface area (Å²) in [6, 6.07) is 12.7. The molecule has 2 aromatic rings. The minimum Gasteiger partial charge on any atom is -0.452 e. The van der Waals surface area contributed by atoms with Crippen LogP contribution in [0, 0.1) is 0 Å². The molecule has 0 saturated carbocycles. The molecule has 4 rings (SSSR count). The summed E-state index contributed by atoms with van der Waals surface area (Å²) in [5.74, 6) is -0.535. The number of fused-ring (bicyclic) bond motifs is 1. The Bertz CT molecular complexity index is 1090. The molecule has 154 valence electrons. The highest BCUT2D eigenvalue weighted by Gasteiger charge is 2.32. The first-order valence-electron chi connectivity index (χ1n) is 9.24. The van der Waals surface area contributed by atoms with Crippen molar-refractivity contribution in [3.63, 3.8) is 0 Å². The van der Waals surface area contributed by atoms with Crippen molar-refractivity contribution in [3.05, 3.63) is 69.2 Å². The van der Waals surface area contributed by atoms with E-state index >= 15 is 0 Å². The maximum atomic E-state index is 12.3. The van der Waals surface area contributed by atoms with E-state index in [-0.39, 0.29) is 17.1 Å². The summed E-state index contributed by atoms with van der Waals surface area (Å²) in [5, 5.41) is 12.0. The van der Waals surface area contributed by atoms with Crippen molar-refractivity contribution in [2.45, 2.75) is 31.1 Å². The topological polar surface area (TPSA) is 80.1 Å². The molecule has 2 aliphatic rings. The number of rotatable bonds is 4. The highest BCUT2D eigenvalue weighted by atomic mass is 35.5. The van der Waals surface area contributed by atoms with E-state index in [2.05, 4.69) is 15.5 Å². The van der Waals surface area contributed by atoms with Gasteiger partial charge in [0.05, 0.1) is 26.6 Å². The summed E-state index contributed by atoms with van der Waals surface area (Å²) < 4.78 is 5.48.